The maximum Gasteiger partial charge on any atom is 0.311 e. The molecule has 1 aliphatic rings. The van der Waals surface area contributed by atoms with Gasteiger partial charge in [0.25, 0.3) is 0 Å². The number of allylic oxidation sites excluding steroid dienone is 4. The fraction of sp³-hybridized carbons (Fsp3) is 0.562. The molecule has 0 N–H and O–H groups in total. The third-order valence-corrected chi connectivity index (χ3v) is 7.55. The van der Waals surface area contributed by atoms with Crippen molar-refractivity contribution in [3.8, 4) is 0 Å². The topological polar surface area (TPSA) is 52.6 Å². The number of carbonyl (C=O) groups is 2. The molecule has 0 aliphatic heterocycles. The molecule has 1 aliphatic carbocycles. The second-order valence-electron chi connectivity index (χ2n) is 12.0. The predicted octanol–water partition coefficient (Wildman–Crippen LogP) is 7.87. The van der Waals surface area contributed by atoms with E-state index in [2.05, 4.69) is 91.0 Å². The molecule has 0 heterocycles. The van der Waals surface area contributed by atoms with Crippen LogP contribution in [0.5, 0.6) is 0 Å². The van der Waals surface area contributed by atoms with E-state index in [0.29, 0.717) is 12.3 Å². The number of esters is 2. The summed E-state index contributed by atoms with van der Waals surface area (Å²) < 4.78 is 10.8. The van der Waals surface area contributed by atoms with Crippen LogP contribution in [0.3, 0.4) is 0 Å². The Morgan fingerprint density at radius 1 is 1.08 bits per heavy atom. The minimum Gasteiger partial charge on any atom is -0.462 e. The summed E-state index contributed by atoms with van der Waals surface area (Å²) in [4.78, 5) is 24.4. The SMILES string of the molecule is CC(=COC(=O)CCC(=O)OC(C)C(C)C=CC1CC=C(C)C1(C)C)Cc1ccc(C(C)(C)C)cc1. The van der Waals surface area contributed by atoms with Crippen LogP contribution in [-0.2, 0) is 30.9 Å². The normalized spacial score (nSPS) is 19.6. The van der Waals surface area contributed by atoms with Crippen molar-refractivity contribution in [1.82, 2.24) is 0 Å². The smallest absolute Gasteiger partial charge is 0.311 e. The molecule has 0 bridgehead atoms. The van der Waals surface area contributed by atoms with Crippen molar-refractivity contribution in [3.05, 3.63) is 71.0 Å². The van der Waals surface area contributed by atoms with Crippen LogP contribution in [0.2, 0.25) is 0 Å². The van der Waals surface area contributed by atoms with E-state index in [9.17, 15) is 9.59 Å². The second kappa shape index (κ2) is 12.6. The highest BCUT2D eigenvalue weighted by Crippen LogP contribution is 2.43. The van der Waals surface area contributed by atoms with Gasteiger partial charge < -0.3 is 9.47 Å². The number of rotatable bonds is 10. The van der Waals surface area contributed by atoms with Gasteiger partial charge in [-0.3, -0.25) is 9.59 Å². The molecule has 0 saturated carbocycles. The molecule has 36 heavy (non-hydrogen) atoms. The largest absolute Gasteiger partial charge is 0.462 e. The third kappa shape index (κ3) is 8.80. The lowest BCUT2D eigenvalue weighted by Gasteiger charge is -2.28. The molecule has 3 unspecified atom stereocenters. The van der Waals surface area contributed by atoms with E-state index in [1.54, 1.807) is 0 Å². The van der Waals surface area contributed by atoms with E-state index in [1.807, 2.05) is 13.8 Å². The average Bonchev–Trinajstić information content (AvgIpc) is 3.05. The van der Waals surface area contributed by atoms with Crippen molar-refractivity contribution in [2.24, 2.45) is 17.3 Å². The summed E-state index contributed by atoms with van der Waals surface area (Å²) in [5, 5.41) is 0. The fourth-order valence-electron chi connectivity index (χ4n) is 4.23. The van der Waals surface area contributed by atoms with E-state index < -0.39 is 5.97 Å². The molecule has 0 saturated heterocycles. The summed E-state index contributed by atoms with van der Waals surface area (Å²) in [5.41, 5.74) is 5.11. The van der Waals surface area contributed by atoms with E-state index >= 15 is 0 Å². The maximum absolute atomic E-state index is 12.3. The van der Waals surface area contributed by atoms with Gasteiger partial charge in [0.2, 0.25) is 0 Å². The molecule has 0 radical (unpaired) electrons. The number of carbonyl (C=O) groups excluding carboxylic acids is 2. The van der Waals surface area contributed by atoms with Crippen molar-refractivity contribution in [1.29, 1.82) is 0 Å². The molecule has 4 nitrogen and oxygen atoms in total. The van der Waals surface area contributed by atoms with Gasteiger partial charge in [-0.1, -0.05) is 89.6 Å². The average molecular weight is 495 g/mol. The van der Waals surface area contributed by atoms with Crippen molar-refractivity contribution >= 4 is 11.9 Å². The first-order chi connectivity index (χ1) is 16.7. The zero-order valence-electron chi connectivity index (χ0n) is 23.8. The maximum atomic E-state index is 12.3. The molecule has 4 heteroatoms. The highest BCUT2D eigenvalue weighted by Gasteiger charge is 2.33. The van der Waals surface area contributed by atoms with E-state index in [0.717, 1.165) is 17.6 Å². The predicted molar refractivity (Wildman–Crippen MR) is 147 cm³/mol. The Hall–Kier alpha value is -2.62. The lowest BCUT2D eigenvalue weighted by molar-refractivity contribution is -0.152. The molecule has 0 aromatic heterocycles. The number of hydrogen-bond donors (Lipinski definition) is 0. The van der Waals surface area contributed by atoms with Crippen LogP contribution < -0.4 is 0 Å². The van der Waals surface area contributed by atoms with Crippen molar-refractivity contribution in [3.63, 3.8) is 0 Å². The summed E-state index contributed by atoms with van der Waals surface area (Å²) in [6.45, 7) is 19.2. The van der Waals surface area contributed by atoms with Crippen molar-refractivity contribution in [2.75, 3.05) is 0 Å². The summed E-state index contributed by atoms with van der Waals surface area (Å²) in [7, 11) is 0. The third-order valence-electron chi connectivity index (χ3n) is 7.55. The molecule has 3 atom stereocenters. The van der Waals surface area contributed by atoms with Crippen LogP contribution in [-0.4, -0.2) is 18.0 Å². The van der Waals surface area contributed by atoms with Crippen LogP contribution >= 0.6 is 0 Å². The summed E-state index contributed by atoms with van der Waals surface area (Å²) in [5.74, 6) is -0.239. The molecule has 0 spiro atoms. The zero-order valence-corrected chi connectivity index (χ0v) is 23.8. The molecular weight excluding hydrogens is 448 g/mol. The first-order valence-corrected chi connectivity index (χ1v) is 13.2. The Bertz CT molecular complexity index is 986. The number of ether oxygens (including phenoxy) is 2. The van der Waals surface area contributed by atoms with Gasteiger partial charge in [-0.05, 0) is 67.1 Å². The lowest BCUT2D eigenvalue weighted by atomic mass is 9.77. The van der Waals surface area contributed by atoms with Gasteiger partial charge in [0.15, 0.2) is 0 Å². The standard InChI is InChI=1S/C32H46O4/c1-22(20-26-12-16-27(17-13-26)31(5,6)7)21-35-29(33)18-19-30(34)36-25(4)23(2)10-14-28-15-11-24(3)32(28,8)9/h10-14,16-17,21,23,25,28H,15,18-20H2,1-9H3. The quantitative estimate of drug-likeness (QED) is 0.189. The van der Waals surface area contributed by atoms with Crippen molar-refractivity contribution in [2.45, 2.75) is 99.5 Å². The minimum atomic E-state index is -0.429. The fourth-order valence-corrected chi connectivity index (χ4v) is 4.23. The minimum absolute atomic E-state index is 0.00103. The molecule has 1 aromatic rings. The summed E-state index contributed by atoms with van der Waals surface area (Å²) >= 11 is 0. The molecule has 0 amide bonds. The van der Waals surface area contributed by atoms with Crippen LogP contribution in [0, 0.1) is 17.3 Å². The Kier molecular flexibility index (Phi) is 10.3. The van der Waals surface area contributed by atoms with Gasteiger partial charge >= 0.3 is 11.9 Å². The second-order valence-corrected chi connectivity index (χ2v) is 12.0. The van der Waals surface area contributed by atoms with Gasteiger partial charge in [-0.15, -0.1) is 0 Å². The molecule has 2 rings (SSSR count). The van der Waals surface area contributed by atoms with Crippen LogP contribution in [0.4, 0.5) is 0 Å². The Labute approximate surface area is 218 Å². The monoisotopic (exact) mass is 494 g/mol. The lowest BCUT2D eigenvalue weighted by Crippen LogP contribution is -2.22. The first-order valence-electron chi connectivity index (χ1n) is 13.2. The zero-order chi connectivity index (χ0) is 27.1. The molecule has 0 fully saturated rings. The van der Waals surface area contributed by atoms with Gasteiger partial charge in [0.1, 0.15) is 6.10 Å². The summed E-state index contributed by atoms with van der Waals surface area (Å²) in [6, 6.07) is 8.51. The Morgan fingerprint density at radius 2 is 1.69 bits per heavy atom. The van der Waals surface area contributed by atoms with Gasteiger partial charge in [-0.2, -0.15) is 0 Å². The number of benzene rings is 1. The summed E-state index contributed by atoms with van der Waals surface area (Å²) in [6.07, 6.45) is 9.72. The molecule has 1 aromatic carbocycles. The first kappa shape index (κ1) is 29.6. The number of hydrogen-bond acceptors (Lipinski definition) is 4. The van der Waals surface area contributed by atoms with Gasteiger partial charge in [-0.25, -0.2) is 0 Å². The van der Waals surface area contributed by atoms with E-state index in [4.69, 9.17) is 9.47 Å². The highest BCUT2D eigenvalue weighted by atomic mass is 16.5. The van der Waals surface area contributed by atoms with Crippen molar-refractivity contribution < 1.29 is 19.1 Å². The van der Waals surface area contributed by atoms with Crippen LogP contribution in [0.25, 0.3) is 0 Å². The Balaban J connectivity index is 1.73. The molecular formula is C32H46O4. The van der Waals surface area contributed by atoms with Crippen LogP contribution in [0.15, 0.2) is 59.9 Å². The van der Waals surface area contributed by atoms with Gasteiger partial charge in [0.05, 0.1) is 19.1 Å². The highest BCUT2D eigenvalue weighted by molar-refractivity contribution is 5.78. The molecule has 198 valence electrons. The van der Waals surface area contributed by atoms with Crippen LogP contribution in [0.1, 0.15) is 92.7 Å². The van der Waals surface area contributed by atoms with Gasteiger partial charge in [0, 0.05) is 5.92 Å². The van der Waals surface area contributed by atoms with E-state index in [1.165, 1.54) is 17.4 Å². The van der Waals surface area contributed by atoms with E-state index in [-0.39, 0.29) is 41.7 Å². The Morgan fingerprint density at radius 3 is 2.25 bits per heavy atom.